The van der Waals surface area contributed by atoms with E-state index in [0.29, 0.717) is 74.1 Å². The van der Waals surface area contributed by atoms with Gasteiger partial charge in [-0.25, -0.2) is 19.6 Å². The first-order valence-corrected chi connectivity index (χ1v) is 32.0. The van der Waals surface area contributed by atoms with E-state index in [0.717, 1.165) is 57.8 Å². The van der Waals surface area contributed by atoms with Crippen molar-refractivity contribution < 1.29 is 94.0 Å². The number of benzene rings is 2. The first kappa shape index (κ1) is 66.7. The Morgan fingerprint density at radius 3 is 1.37 bits per heavy atom. The van der Waals surface area contributed by atoms with Gasteiger partial charge in [0.2, 0.25) is 12.4 Å². The van der Waals surface area contributed by atoms with Crippen LogP contribution in [0.15, 0.2) is 94.4 Å². The van der Waals surface area contributed by atoms with E-state index in [4.69, 9.17) is 60.1 Å². The third kappa shape index (κ3) is 15.2. The van der Waals surface area contributed by atoms with Gasteiger partial charge in [0, 0.05) is 24.0 Å². The van der Waals surface area contributed by atoms with E-state index >= 15 is 0 Å². The average molecular weight is 1350 g/mol. The van der Waals surface area contributed by atoms with Crippen molar-refractivity contribution in [3.05, 3.63) is 95.5 Å². The number of hydrogen-bond donors (Lipinski definition) is 8. The number of nitrogens with one attached hydrogen (secondary N) is 2. The van der Waals surface area contributed by atoms with Crippen LogP contribution in [0.1, 0.15) is 51.9 Å². The molecule has 496 valence electrons. The highest BCUT2D eigenvalue weighted by Crippen LogP contribution is 2.37. The van der Waals surface area contributed by atoms with E-state index in [2.05, 4.69) is 49.6 Å². The van der Waals surface area contributed by atoms with Crippen molar-refractivity contribution in [2.75, 3.05) is 51.0 Å². The Labute approximate surface area is 538 Å². The van der Waals surface area contributed by atoms with Gasteiger partial charge in [-0.3, -0.25) is 19.2 Å². The number of anilines is 2. The van der Waals surface area contributed by atoms with E-state index in [1.165, 1.54) is 38.5 Å². The van der Waals surface area contributed by atoms with Gasteiger partial charge in [-0.05, 0) is 89.0 Å². The molecule has 0 radical (unpaired) electrons. The smallest absolute Gasteiger partial charge is 0.442 e. The molecule has 4 aliphatic rings. The Balaban J connectivity index is 0.715. The number of hydrogen-bond acceptors (Lipinski definition) is 26. The normalized spacial score (nSPS) is 19.6. The number of fused-ring (bicyclic) bond motifs is 2. The monoisotopic (exact) mass is 1350 g/mol. The predicted molar refractivity (Wildman–Crippen MR) is 326 cm³/mol. The maximum Gasteiger partial charge on any atom is 0.442 e. The molecule has 34 nitrogen and oxygen atoms in total. The largest absolute Gasteiger partial charge is 0.489 e. The standard InChI is InChI=1S/C56H66N16O18S3/c1-55(2)45(63-47(73)43(39-29-91-53(59)61-39)65-87-41(51(77)78)27-85-35-11-7-31(8-12-35)33-19-67-23-37(24-68(67)20-33)83-17-5-15-57)49(75)71(55)89-93(81,82)90-72-50(76)46(56(72,3)4)64-48(74)44(40-30-92-54(60)62-40)66-88-42(52(79)80)28-86-36-13-9-32(10-14-36)34-21-69-25-38(26-70(69)22-34)84-18-6-16-58/h7-14,19-22,29-30,37-38,41-42,45-46H,5-6,15-18,23-28,57-58H2,1-4H3,(H6-2,59,60,61,62,63,64,73,74,77,78,79,80)/p+2/b65-43-,66-44-/t41-,42-,45+,46+/m0/s1. The topological polar surface area (TPSA) is 454 Å². The van der Waals surface area contributed by atoms with Gasteiger partial charge in [0.05, 0.1) is 34.6 Å². The number of β-lactam (4-membered cyclic amide) rings is 2. The average Bonchev–Trinajstić information content (AvgIpc) is 1.38. The molecule has 0 unspecified atom stereocenters. The van der Waals surface area contributed by atoms with Crippen molar-refractivity contribution in [3.8, 4) is 33.8 Å². The van der Waals surface area contributed by atoms with E-state index in [1.807, 2.05) is 24.8 Å². The minimum atomic E-state index is -5.37. The number of aromatic nitrogens is 6. The van der Waals surface area contributed by atoms with Crippen molar-refractivity contribution in [2.45, 2.75) is 114 Å². The van der Waals surface area contributed by atoms with Crippen LogP contribution in [0.25, 0.3) is 22.3 Å². The number of nitrogens with two attached hydrogens (primary N) is 4. The Kier molecular flexibility index (Phi) is 20.0. The molecule has 0 bridgehead atoms. The Morgan fingerprint density at radius 1 is 0.656 bits per heavy atom. The summed E-state index contributed by atoms with van der Waals surface area (Å²) in [5.41, 5.74) is 21.5. The number of carboxylic acids is 2. The van der Waals surface area contributed by atoms with Crippen LogP contribution in [0, 0.1) is 0 Å². The van der Waals surface area contributed by atoms with Gasteiger partial charge in [-0.15, -0.1) is 40.6 Å². The molecule has 37 heteroatoms. The summed E-state index contributed by atoms with van der Waals surface area (Å²) in [6.07, 6.45) is 6.08. The number of amides is 4. The minimum absolute atomic E-state index is 0.0114. The van der Waals surface area contributed by atoms with E-state index in [-0.39, 0.29) is 33.9 Å². The van der Waals surface area contributed by atoms with Crippen molar-refractivity contribution in [2.24, 2.45) is 21.8 Å². The molecular weight excluding hydrogens is 1280 g/mol. The molecule has 4 amide bonds. The molecular formula is C56H68N16O18S3+2. The lowest BCUT2D eigenvalue weighted by Crippen LogP contribution is -2.78. The Bertz CT molecular complexity index is 3650. The summed E-state index contributed by atoms with van der Waals surface area (Å²) < 4.78 is 68.5. The maximum atomic E-state index is 13.9. The summed E-state index contributed by atoms with van der Waals surface area (Å²) >= 11 is 1.81. The third-order valence-corrected chi connectivity index (χ3v) is 17.3. The molecule has 2 fully saturated rings. The number of aliphatic carboxylic acids is 2. The highest BCUT2D eigenvalue weighted by Gasteiger charge is 2.61. The van der Waals surface area contributed by atoms with Gasteiger partial charge in [0.25, 0.3) is 35.8 Å². The highest BCUT2D eigenvalue weighted by atomic mass is 32.3. The number of rotatable bonds is 32. The molecule has 0 spiro atoms. The molecule has 0 aliphatic carbocycles. The molecule has 2 aromatic carbocycles. The summed E-state index contributed by atoms with van der Waals surface area (Å²) in [7, 11) is -5.37. The van der Waals surface area contributed by atoms with Crippen molar-refractivity contribution >= 4 is 90.3 Å². The molecule has 2 saturated heterocycles. The number of oxime groups is 2. The van der Waals surface area contributed by atoms with E-state index in [1.54, 1.807) is 48.5 Å². The number of carbonyl (C=O) groups excluding carboxylic acids is 4. The number of carbonyl (C=O) groups is 6. The zero-order valence-electron chi connectivity index (χ0n) is 50.5. The van der Waals surface area contributed by atoms with Gasteiger partial charge >= 0.3 is 22.3 Å². The number of carboxylic acid groups (broad SMARTS) is 2. The van der Waals surface area contributed by atoms with Crippen LogP contribution in [-0.2, 0) is 93.1 Å². The van der Waals surface area contributed by atoms with Gasteiger partial charge in [0.15, 0.2) is 34.8 Å². The fraction of sp³-hybridized carbons (Fsp3) is 0.429. The van der Waals surface area contributed by atoms with Crippen LogP contribution in [0.3, 0.4) is 0 Å². The molecule has 93 heavy (non-hydrogen) atoms. The second kappa shape index (κ2) is 27.9. The van der Waals surface area contributed by atoms with Crippen molar-refractivity contribution in [1.82, 2.24) is 40.1 Å². The summed E-state index contributed by atoms with van der Waals surface area (Å²) in [6, 6.07) is 10.7. The molecule has 8 heterocycles. The van der Waals surface area contributed by atoms with Crippen molar-refractivity contribution in [1.29, 1.82) is 0 Å². The SMILES string of the molecule is CC1(C)[C@H](NC(=O)/C(=N\O[C@@H](COc2ccc(-c3cn4[n+](c3)CC(OCCCN)C4)cc2)C(=O)O)c2csc(N)n2)C(=O)N1OS(=O)(=O)ON1C(=O)[C@@H](NC(=O)/C(=N\O[C@@H](COc2ccc(-c3cn4[n+](c3)CC(OCCCN)C4)cc2)C(=O)O)c2csc(N)n2)C1(C)C. The number of hydroxylamine groups is 4. The van der Waals surface area contributed by atoms with Crippen LogP contribution in [0.4, 0.5) is 10.3 Å². The van der Waals surface area contributed by atoms with Gasteiger partial charge in [0.1, 0.15) is 73.5 Å². The molecule has 4 aliphatic heterocycles. The summed E-state index contributed by atoms with van der Waals surface area (Å²) in [6.45, 7) is 9.14. The van der Waals surface area contributed by atoms with Crippen LogP contribution in [0.2, 0.25) is 0 Å². The first-order chi connectivity index (χ1) is 44.3. The zero-order valence-corrected chi connectivity index (χ0v) is 52.9. The lowest BCUT2D eigenvalue weighted by atomic mass is 9.84. The van der Waals surface area contributed by atoms with Crippen LogP contribution >= 0.6 is 22.7 Å². The summed E-state index contributed by atoms with van der Waals surface area (Å²) in [5, 5.41) is 35.9. The van der Waals surface area contributed by atoms with E-state index in [9.17, 15) is 47.4 Å². The van der Waals surface area contributed by atoms with Crippen LogP contribution in [-0.4, -0.2) is 182 Å². The molecule has 4 atom stereocenters. The molecule has 12 N–H and O–H groups in total. The number of ether oxygens (including phenoxy) is 4. The van der Waals surface area contributed by atoms with Gasteiger partial charge in [-0.1, -0.05) is 34.6 Å². The molecule has 0 saturated carbocycles. The quantitative estimate of drug-likeness (QED) is 0.00851. The Hall–Kier alpha value is -9.21. The minimum Gasteiger partial charge on any atom is -0.489 e. The second-order valence-corrected chi connectivity index (χ2v) is 25.6. The summed E-state index contributed by atoms with van der Waals surface area (Å²) in [5.74, 6) is -6.95. The fourth-order valence-electron chi connectivity index (χ4n) is 10.2. The van der Waals surface area contributed by atoms with Crippen LogP contribution in [0.5, 0.6) is 11.5 Å². The second-order valence-electron chi connectivity index (χ2n) is 22.7. The Morgan fingerprint density at radius 2 is 1.04 bits per heavy atom. The lowest BCUT2D eigenvalue weighted by molar-refractivity contribution is -0.760. The number of nitrogens with zero attached hydrogens (tertiary/aromatic N) is 10. The first-order valence-electron chi connectivity index (χ1n) is 28.9. The lowest BCUT2D eigenvalue weighted by Gasteiger charge is -2.52. The van der Waals surface area contributed by atoms with Gasteiger partial charge in [-0.2, -0.15) is 27.9 Å². The predicted octanol–water partition coefficient (Wildman–Crippen LogP) is -0.704. The van der Waals surface area contributed by atoms with Gasteiger partial charge < -0.3 is 72.4 Å². The maximum absolute atomic E-state index is 13.9. The third-order valence-electron chi connectivity index (χ3n) is 15.2. The zero-order chi connectivity index (χ0) is 66.5. The molecule has 6 aromatic rings. The highest BCUT2D eigenvalue weighted by molar-refractivity contribution is 7.81. The van der Waals surface area contributed by atoms with Crippen molar-refractivity contribution in [3.63, 3.8) is 0 Å². The van der Waals surface area contributed by atoms with Crippen LogP contribution < -0.4 is 52.4 Å². The molecule has 4 aromatic heterocycles. The fourth-order valence-corrected chi connectivity index (χ4v) is 12.2. The van der Waals surface area contributed by atoms with E-state index < -0.39 is 106 Å². The number of thiazole rings is 2. The summed E-state index contributed by atoms with van der Waals surface area (Å²) in [4.78, 5) is 98.6. The molecule has 10 rings (SSSR count). The number of nitrogen functional groups attached to an aromatic ring is 2.